The SMILES string of the molecule is CCOC(=O)c1ccc(-c2cccc(F)c2C(=O)O)cc1F. The van der Waals surface area contributed by atoms with Gasteiger partial charge >= 0.3 is 11.9 Å². The van der Waals surface area contributed by atoms with Crippen molar-refractivity contribution < 1.29 is 28.2 Å². The Bertz CT molecular complexity index is 741. The van der Waals surface area contributed by atoms with Crippen molar-refractivity contribution in [3.8, 4) is 11.1 Å². The van der Waals surface area contributed by atoms with E-state index in [1.54, 1.807) is 6.92 Å². The molecule has 0 saturated carbocycles. The maximum atomic E-state index is 14.0. The van der Waals surface area contributed by atoms with Crippen LogP contribution in [0.1, 0.15) is 27.6 Å². The molecule has 0 aliphatic rings. The van der Waals surface area contributed by atoms with Gasteiger partial charge in [-0.15, -0.1) is 0 Å². The molecule has 0 aromatic heterocycles. The number of ether oxygens (including phenoxy) is 1. The molecule has 0 spiro atoms. The van der Waals surface area contributed by atoms with E-state index in [9.17, 15) is 18.4 Å². The quantitative estimate of drug-likeness (QED) is 0.878. The standard InChI is InChI=1S/C16H12F2O4/c1-2-22-16(21)11-7-6-9(8-13(11)18)10-4-3-5-12(17)14(10)15(19)20/h3-8H,2H2,1H3,(H,19,20). The predicted octanol–water partition coefficient (Wildman–Crippen LogP) is 3.51. The maximum Gasteiger partial charge on any atom is 0.341 e. The van der Waals surface area contributed by atoms with E-state index in [0.29, 0.717) is 0 Å². The summed E-state index contributed by atoms with van der Waals surface area (Å²) < 4.78 is 32.3. The highest BCUT2D eigenvalue weighted by atomic mass is 19.1. The van der Waals surface area contributed by atoms with E-state index in [-0.39, 0.29) is 23.3 Å². The second-order valence-corrected chi connectivity index (χ2v) is 4.38. The Morgan fingerprint density at radius 1 is 1.14 bits per heavy atom. The molecule has 0 aliphatic heterocycles. The number of hydrogen-bond donors (Lipinski definition) is 1. The molecule has 0 saturated heterocycles. The molecule has 22 heavy (non-hydrogen) atoms. The summed E-state index contributed by atoms with van der Waals surface area (Å²) in [6.07, 6.45) is 0. The van der Waals surface area contributed by atoms with Crippen molar-refractivity contribution in [3.05, 3.63) is 59.2 Å². The Morgan fingerprint density at radius 2 is 1.86 bits per heavy atom. The van der Waals surface area contributed by atoms with Gasteiger partial charge in [0.15, 0.2) is 0 Å². The lowest BCUT2D eigenvalue weighted by Crippen LogP contribution is -2.08. The number of carboxylic acid groups (broad SMARTS) is 1. The van der Waals surface area contributed by atoms with Crippen LogP contribution >= 0.6 is 0 Å². The average Bonchev–Trinajstić information content (AvgIpc) is 2.46. The molecule has 0 aliphatic carbocycles. The summed E-state index contributed by atoms with van der Waals surface area (Å²) in [5.41, 5.74) is -0.631. The van der Waals surface area contributed by atoms with Crippen LogP contribution in [0.3, 0.4) is 0 Å². The van der Waals surface area contributed by atoms with Gasteiger partial charge in [-0.25, -0.2) is 18.4 Å². The summed E-state index contributed by atoms with van der Waals surface area (Å²) in [6, 6.07) is 7.21. The number of halogens is 2. The van der Waals surface area contributed by atoms with Crippen LogP contribution in [0.5, 0.6) is 0 Å². The molecule has 114 valence electrons. The van der Waals surface area contributed by atoms with Gasteiger partial charge in [0.25, 0.3) is 0 Å². The fourth-order valence-corrected chi connectivity index (χ4v) is 2.04. The zero-order valence-corrected chi connectivity index (χ0v) is 11.6. The van der Waals surface area contributed by atoms with E-state index in [1.165, 1.54) is 24.3 Å². The minimum Gasteiger partial charge on any atom is -0.478 e. The van der Waals surface area contributed by atoms with Crippen molar-refractivity contribution in [1.29, 1.82) is 0 Å². The maximum absolute atomic E-state index is 14.0. The van der Waals surface area contributed by atoms with Crippen LogP contribution in [-0.2, 0) is 4.74 Å². The number of carbonyl (C=O) groups excluding carboxylic acids is 1. The van der Waals surface area contributed by atoms with Gasteiger partial charge in [0, 0.05) is 0 Å². The number of rotatable bonds is 4. The van der Waals surface area contributed by atoms with Gasteiger partial charge in [0.2, 0.25) is 0 Å². The number of carboxylic acids is 1. The van der Waals surface area contributed by atoms with Gasteiger partial charge in [0.05, 0.1) is 12.2 Å². The summed E-state index contributed by atoms with van der Waals surface area (Å²) in [4.78, 5) is 22.7. The number of carbonyl (C=O) groups is 2. The smallest absolute Gasteiger partial charge is 0.341 e. The van der Waals surface area contributed by atoms with Crippen LogP contribution in [0.2, 0.25) is 0 Å². The Kier molecular flexibility index (Phi) is 4.50. The van der Waals surface area contributed by atoms with Crippen LogP contribution in [-0.4, -0.2) is 23.7 Å². The highest BCUT2D eigenvalue weighted by molar-refractivity contribution is 5.97. The van der Waals surface area contributed by atoms with Gasteiger partial charge in [-0.05, 0) is 36.2 Å². The van der Waals surface area contributed by atoms with Crippen LogP contribution < -0.4 is 0 Å². The molecule has 0 heterocycles. The first-order chi connectivity index (χ1) is 10.5. The third-order valence-electron chi connectivity index (χ3n) is 3.00. The molecule has 2 aromatic carbocycles. The van der Waals surface area contributed by atoms with E-state index in [4.69, 9.17) is 9.84 Å². The molecule has 0 fully saturated rings. The van der Waals surface area contributed by atoms with Gasteiger partial charge in [0.1, 0.15) is 17.2 Å². The van der Waals surface area contributed by atoms with Crippen molar-refractivity contribution >= 4 is 11.9 Å². The first-order valence-electron chi connectivity index (χ1n) is 6.44. The summed E-state index contributed by atoms with van der Waals surface area (Å²) in [7, 11) is 0. The van der Waals surface area contributed by atoms with Gasteiger partial charge in [-0.1, -0.05) is 18.2 Å². The fourth-order valence-electron chi connectivity index (χ4n) is 2.04. The zero-order chi connectivity index (χ0) is 16.3. The highest BCUT2D eigenvalue weighted by Gasteiger charge is 2.19. The van der Waals surface area contributed by atoms with E-state index in [2.05, 4.69) is 0 Å². The van der Waals surface area contributed by atoms with E-state index < -0.39 is 29.1 Å². The zero-order valence-electron chi connectivity index (χ0n) is 11.6. The molecule has 2 rings (SSSR count). The normalized spacial score (nSPS) is 10.3. The fraction of sp³-hybridized carbons (Fsp3) is 0.125. The van der Waals surface area contributed by atoms with E-state index in [0.717, 1.165) is 12.1 Å². The molecular formula is C16H12F2O4. The number of benzene rings is 2. The van der Waals surface area contributed by atoms with Crippen LogP contribution in [0, 0.1) is 11.6 Å². The summed E-state index contributed by atoms with van der Waals surface area (Å²) in [5.74, 6) is -4.05. The molecular weight excluding hydrogens is 294 g/mol. The largest absolute Gasteiger partial charge is 0.478 e. The minimum atomic E-state index is -1.46. The van der Waals surface area contributed by atoms with Gasteiger partial charge < -0.3 is 9.84 Å². The molecule has 6 heteroatoms. The predicted molar refractivity (Wildman–Crippen MR) is 74.7 cm³/mol. The van der Waals surface area contributed by atoms with Crippen molar-refractivity contribution in [2.75, 3.05) is 6.61 Å². The molecule has 1 N–H and O–H groups in total. The first kappa shape index (κ1) is 15.6. The first-order valence-corrected chi connectivity index (χ1v) is 6.44. The lowest BCUT2D eigenvalue weighted by atomic mass is 9.98. The second-order valence-electron chi connectivity index (χ2n) is 4.38. The van der Waals surface area contributed by atoms with Crippen LogP contribution in [0.4, 0.5) is 8.78 Å². The molecule has 0 bridgehead atoms. The van der Waals surface area contributed by atoms with Crippen molar-refractivity contribution in [2.45, 2.75) is 6.92 Å². The average molecular weight is 306 g/mol. The number of esters is 1. The van der Waals surface area contributed by atoms with Crippen molar-refractivity contribution in [2.24, 2.45) is 0 Å². The molecule has 0 atom stereocenters. The molecule has 4 nitrogen and oxygen atoms in total. The molecule has 0 amide bonds. The number of hydrogen-bond acceptors (Lipinski definition) is 3. The topological polar surface area (TPSA) is 63.6 Å². The summed E-state index contributed by atoms with van der Waals surface area (Å²) in [6.45, 7) is 1.70. The Labute approximate surface area is 125 Å². The molecule has 0 unspecified atom stereocenters. The molecule has 2 aromatic rings. The van der Waals surface area contributed by atoms with Crippen molar-refractivity contribution in [1.82, 2.24) is 0 Å². The van der Waals surface area contributed by atoms with Gasteiger partial charge in [-0.3, -0.25) is 0 Å². The summed E-state index contributed by atoms with van der Waals surface area (Å²) in [5, 5.41) is 9.08. The molecule has 0 radical (unpaired) electrons. The second kappa shape index (κ2) is 6.34. The highest BCUT2D eigenvalue weighted by Crippen LogP contribution is 2.27. The number of aromatic carboxylic acids is 1. The van der Waals surface area contributed by atoms with Crippen LogP contribution in [0.15, 0.2) is 36.4 Å². The Morgan fingerprint density at radius 3 is 2.45 bits per heavy atom. The van der Waals surface area contributed by atoms with Gasteiger partial charge in [-0.2, -0.15) is 0 Å². The lowest BCUT2D eigenvalue weighted by Gasteiger charge is -2.09. The lowest BCUT2D eigenvalue weighted by molar-refractivity contribution is 0.0520. The third kappa shape index (κ3) is 2.95. The Balaban J connectivity index is 2.52. The monoisotopic (exact) mass is 306 g/mol. The van der Waals surface area contributed by atoms with E-state index >= 15 is 0 Å². The van der Waals surface area contributed by atoms with Crippen LogP contribution in [0.25, 0.3) is 11.1 Å². The minimum absolute atomic E-state index is 0.0295. The third-order valence-corrected chi connectivity index (χ3v) is 3.00. The Hall–Kier alpha value is -2.76. The van der Waals surface area contributed by atoms with E-state index in [1.807, 2.05) is 0 Å². The summed E-state index contributed by atoms with van der Waals surface area (Å²) >= 11 is 0. The van der Waals surface area contributed by atoms with Crippen molar-refractivity contribution in [3.63, 3.8) is 0 Å².